The van der Waals surface area contributed by atoms with E-state index < -0.39 is 5.97 Å². The molecule has 2 fully saturated rings. The number of benzene rings is 4. The lowest BCUT2D eigenvalue weighted by Crippen LogP contribution is -2.15. The second-order valence-corrected chi connectivity index (χ2v) is 16.6. The number of aryl methyl sites for hydroxylation is 6. The molecule has 4 heterocycles. The van der Waals surface area contributed by atoms with Crippen LogP contribution in [0.5, 0.6) is 11.5 Å². The van der Waals surface area contributed by atoms with Crippen molar-refractivity contribution < 1.29 is 38.4 Å². The standard InChI is InChI=1S/C26H31NO4.C25H29NO4/c1-17-14-19(4-6-22(17)20-10-12-30-13-11-20)16-31-21-5-7-25-23(15-21)18(2)24(27-25)8-9-26(28)29-3;1-16-13-18(3-5-21(16)19-9-11-29-12-10-19)15-30-20-4-6-24-22(14-20)17(2)23(26-24)7-8-25(27)28/h4-7,14-15,20,27H,8-13,16H2,1-3H3;3-6,13-14,19,26H,7-12,15H2,1-2H3,(H,27,28). The Hall–Kier alpha value is -5.58. The van der Waals surface area contributed by atoms with Crippen LogP contribution in [0.3, 0.4) is 0 Å². The quantitative estimate of drug-likeness (QED) is 0.0925. The SMILES string of the molecule is COC(=O)CCc1[nH]c2ccc(OCc3ccc(C4CCOCC4)c(C)c3)cc2c1C.Cc1cc(COc2ccc3[nH]c(CCC(=O)O)c(C)c3c2)ccc1C1CCOCC1. The number of rotatable bonds is 14. The van der Waals surface area contributed by atoms with E-state index in [1.807, 2.05) is 37.3 Å². The molecule has 0 aliphatic carbocycles. The maximum absolute atomic E-state index is 11.5. The van der Waals surface area contributed by atoms with E-state index in [0.29, 0.717) is 44.3 Å². The smallest absolute Gasteiger partial charge is 0.305 e. The van der Waals surface area contributed by atoms with E-state index in [0.717, 1.165) is 113 Å². The van der Waals surface area contributed by atoms with Gasteiger partial charge in [0.15, 0.2) is 0 Å². The second kappa shape index (κ2) is 20.3. The van der Waals surface area contributed by atoms with Gasteiger partial charge in [0.25, 0.3) is 0 Å². The number of H-pyrrole nitrogens is 2. The first-order valence-corrected chi connectivity index (χ1v) is 21.7. The fourth-order valence-corrected chi connectivity index (χ4v) is 8.89. The molecule has 6 aromatic rings. The molecule has 0 atom stereocenters. The van der Waals surface area contributed by atoms with Gasteiger partial charge in [0.05, 0.1) is 20.0 Å². The Morgan fingerprint density at radius 2 is 1.07 bits per heavy atom. The zero-order chi connectivity index (χ0) is 42.9. The van der Waals surface area contributed by atoms with Crippen molar-refractivity contribution in [1.82, 2.24) is 9.97 Å². The van der Waals surface area contributed by atoms with Crippen LogP contribution in [0.4, 0.5) is 0 Å². The normalized spacial score (nSPS) is 14.8. The molecule has 10 heteroatoms. The third kappa shape index (κ3) is 11.0. The number of aromatic nitrogens is 2. The average molecular weight is 829 g/mol. The number of nitrogens with one attached hydrogen (secondary N) is 2. The minimum atomic E-state index is -0.782. The molecule has 0 radical (unpaired) electrons. The van der Waals surface area contributed by atoms with Gasteiger partial charge in [-0.2, -0.15) is 0 Å². The monoisotopic (exact) mass is 828 g/mol. The fourth-order valence-electron chi connectivity index (χ4n) is 8.89. The Morgan fingerprint density at radius 3 is 1.48 bits per heavy atom. The molecular weight excluding hydrogens is 769 g/mol. The van der Waals surface area contributed by atoms with E-state index in [4.69, 9.17) is 28.8 Å². The number of fused-ring (bicyclic) bond motifs is 2. The molecule has 0 saturated carbocycles. The molecule has 2 saturated heterocycles. The van der Waals surface area contributed by atoms with E-state index in [9.17, 15) is 9.59 Å². The molecule has 10 nitrogen and oxygen atoms in total. The largest absolute Gasteiger partial charge is 0.489 e. The Bertz CT molecular complexity index is 2450. The lowest BCUT2D eigenvalue weighted by molar-refractivity contribution is -0.140. The van der Waals surface area contributed by atoms with Crippen LogP contribution in [0.25, 0.3) is 21.8 Å². The fraction of sp³-hybridized carbons (Fsp3) is 0.412. The summed E-state index contributed by atoms with van der Waals surface area (Å²) in [4.78, 5) is 29.1. The van der Waals surface area contributed by atoms with Crippen molar-refractivity contribution in [2.24, 2.45) is 0 Å². The van der Waals surface area contributed by atoms with Crippen LogP contribution in [0.15, 0.2) is 72.8 Å². The minimum absolute atomic E-state index is 0.125. The first-order chi connectivity index (χ1) is 29.6. The number of methoxy groups -OCH3 is 1. The highest BCUT2D eigenvalue weighted by Crippen LogP contribution is 2.33. The van der Waals surface area contributed by atoms with Crippen molar-refractivity contribution in [3.05, 3.63) is 129 Å². The summed E-state index contributed by atoms with van der Waals surface area (Å²) in [6.45, 7) is 13.0. The number of carboxylic acid groups (broad SMARTS) is 1. The summed E-state index contributed by atoms with van der Waals surface area (Å²) in [5, 5.41) is 11.1. The molecular formula is C51H60N2O8. The predicted molar refractivity (Wildman–Crippen MR) is 239 cm³/mol. The second-order valence-electron chi connectivity index (χ2n) is 16.6. The Labute approximate surface area is 358 Å². The van der Waals surface area contributed by atoms with Crippen LogP contribution in [-0.4, -0.2) is 60.6 Å². The summed E-state index contributed by atoms with van der Waals surface area (Å²) in [6, 6.07) is 25.4. The number of carbonyl (C=O) groups excluding carboxylic acids is 1. The number of esters is 1. The maximum atomic E-state index is 11.5. The topological polar surface area (TPSA) is 132 Å². The average Bonchev–Trinajstić information content (AvgIpc) is 3.77. The molecule has 2 aliphatic heterocycles. The van der Waals surface area contributed by atoms with Crippen molar-refractivity contribution >= 4 is 33.7 Å². The van der Waals surface area contributed by atoms with Crippen LogP contribution >= 0.6 is 0 Å². The van der Waals surface area contributed by atoms with Crippen molar-refractivity contribution in [1.29, 1.82) is 0 Å². The lowest BCUT2D eigenvalue weighted by Gasteiger charge is -2.24. The van der Waals surface area contributed by atoms with Gasteiger partial charge in [-0.15, -0.1) is 0 Å². The summed E-state index contributed by atoms with van der Waals surface area (Å²) in [5.74, 6) is 1.90. The Kier molecular flexibility index (Phi) is 14.5. The maximum Gasteiger partial charge on any atom is 0.305 e. The molecule has 8 rings (SSSR count). The highest BCUT2D eigenvalue weighted by Gasteiger charge is 2.20. The predicted octanol–water partition coefficient (Wildman–Crippen LogP) is 10.6. The highest BCUT2D eigenvalue weighted by atomic mass is 16.5. The number of aromatic amines is 2. The molecule has 61 heavy (non-hydrogen) atoms. The van der Waals surface area contributed by atoms with Gasteiger partial charge >= 0.3 is 11.9 Å². The van der Waals surface area contributed by atoms with Gasteiger partial charge in [-0.25, -0.2) is 0 Å². The van der Waals surface area contributed by atoms with Crippen LogP contribution in [-0.2, 0) is 49.9 Å². The first-order valence-electron chi connectivity index (χ1n) is 21.7. The van der Waals surface area contributed by atoms with E-state index in [1.165, 1.54) is 34.9 Å². The Balaban J connectivity index is 0.000000184. The lowest BCUT2D eigenvalue weighted by atomic mass is 9.88. The number of carboxylic acids is 1. The van der Waals surface area contributed by atoms with Gasteiger partial charge in [-0.1, -0.05) is 36.4 Å². The van der Waals surface area contributed by atoms with E-state index >= 15 is 0 Å². The van der Waals surface area contributed by atoms with Gasteiger partial charge in [-0.05, 0) is 159 Å². The van der Waals surface area contributed by atoms with Crippen LogP contribution in [0.1, 0.15) is 106 Å². The van der Waals surface area contributed by atoms with Crippen molar-refractivity contribution in [2.75, 3.05) is 33.5 Å². The van der Waals surface area contributed by atoms with E-state index in [-0.39, 0.29) is 12.4 Å². The first kappa shape index (κ1) is 43.5. The summed E-state index contributed by atoms with van der Waals surface area (Å²) in [5.41, 5.74) is 14.2. The number of carbonyl (C=O) groups is 2. The van der Waals surface area contributed by atoms with Gasteiger partial charge in [-0.3, -0.25) is 9.59 Å². The molecule has 2 aliphatic rings. The summed E-state index contributed by atoms with van der Waals surface area (Å²) in [7, 11) is 1.42. The number of ether oxygens (including phenoxy) is 5. The van der Waals surface area contributed by atoms with Gasteiger partial charge in [0, 0.05) is 59.6 Å². The zero-order valence-corrected chi connectivity index (χ0v) is 36.3. The number of hydrogen-bond acceptors (Lipinski definition) is 7. The summed E-state index contributed by atoms with van der Waals surface area (Å²) < 4.78 is 27.9. The van der Waals surface area contributed by atoms with Gasteiger partial charge < -0.3 is 38.8 Å². The number of hydrogen-bond donors (Lipinski definition) is 3. The van der Waals surface area contributed by atoms with Crippen molar-refractivity contribution in [2.45, 2.75) is 104 Å². The van der Waals surface area contributed by atoms with Crippen molar-refractivity contribution in [3.63, 3.8) is 0 Å². The molecule has 2 aromatic heterocycles. The van der Waals surface area contributed by atoms with Crippen LogP contribution in [0.2, 0.25) is 0 Å². The molecule has 0 amide bonds. The third-order valence-electron chi connectivity index (χ3n) is 12.5. The third-order valence-corrected chi connectivity index (χ3v) is 12.5. The van der Waals surface area contributed by atoms with Crippen LogP contribution in [0, 0.1) is 27.7 Å². The van der Waals surface area contributed by atoms with Gasteiger partial charge in [0.2, 0.25) is 0 Å². The van der Waals surface area contributed by atoms with E-state index in [2.05, 4.69) is 73.2 Å². The molecule has 0 bridgehead atoms. The molecule has 3 N–H and O–H groups in total. The molecule has 4 aromatic carbocycles. The zero-order valence-electron chi connectivity index (χ0n) is 36.3. The Morgan fingerprint density at radius 1 is 0.623 bits per heavy atom. The molecule has 0 unspecified atom stereocenters. The number of aliphatic carboxylic acids is 1. The molecule has 0 spiro atoms. The van der Waals surface area contributed by atoms with Crippen LogP contribution < -0.4 is 9.47 Å². The minimum Gasteiger partial charge on any atom is -0.489 e. The van der Waals surface area contributed by atoms with Crippen molar-refractivity contribution in [3.8, 4) is 11.5 Å². The van der Waals surface area contributed by atoms with Gasteiger partial charge in [0.1, 0.15) is 24.7 Å². The summed E-state index contributed by atoms with van der Waals surface area (Å²) in [6.07, 6.45) is 6.05. The molecule has 322 valence electrons. The van der Waals surface area contributed by atoms with E-state index in [1.54, 1.807) is 0 Å². The highest BCUT2D eigenvalue weighted by molar-refractivity contribution is 5.87. The summed E-state index contributed by atoms with van der Waals surface area (Å²) >= 11 is 0.